The van der Waals surface area contributed by atoms with Gasteiger partial charge in [-0.25, -0.2) is 4.79 Å². The van der Waals surface area contributed by atoms with E-state index in [1.54, 1.807) is 4.90 Å². The maximum atomic E-state index is 12.5. The average Bonchev–Trinajstić information content (AvgIpc) is 2.70. The zero-order chi connectivity index (χ0) is 20.0. The van der Waals surface area contributed by atoms with Gasteiger partial charge in [0.1, 0.15) is 0 Å². The molecule has 28 heavy (non-hydrogen) atoms. The van der Waals surface area contributed by atoms with Crippen LogP contribution in [-0.4, -0.2) is 61.5 Å². The number of likely N-dealkylation sites (tertiary alicyclic amines) is 1. The number of amides is 2. The molecule has 1 aliphatic rings. The van der Waals surface area contributed by atoms with Gasteiger partial charge >= 0.3 is 6.03 Å². The number of hydrogen-bond acceptors (Lipinski definition) is 2. The summed E-state index contributed by atoms with van der Waals surface area (Å²) in [5, 5.41) is 0. The highest BCUT2D eigenvalue weighted by Gasteiger charge is 2.37. The molecular weight excluding hydrogens is 346 g/mol. The Morgan fingerprint density at radius 1 is 0.893 bits per heavy atom. The van der Waals surface area contributed by atoms with Gasteiger partial charge in [0.05, 0.1) is 0 Å². The van der Waals surface area contributed by atoms with E-state index in [2.05, 4.69) is 65.6 Å². The van der Waals surface area contributed by atoms with E-state index in [0.717, 1.165) is 45.4 Å². The van der Waals surface area contributed by atoms with Gasteiger partial charge in [0.15, 0.2) is 0 Å². The molecule has 4 heteroatoms. The lowest BCUT2D eigenvalue weighted by atomic mass is 9.73. The number of rotatable bonds is 6. The van der Waals surface area contributed by atoms with Crippen molar-refractivity contribution in [2.24, 2.45) is 5.41 Å². The van der Waals surface area contributed by atoms with Crippen molar-refractivity contribution >= 4 is 6.03 Å². The SMILES string of the molecule is CN(C)C(=O)N(C)CC1(Cc2ccccc2)CCN(Cc2ccccc2)CC1. The van der Waals surface area contributed by atoms with E-state index in [0.29, 0.717) is 0 Å². The van der Waals surface area contributed by atoms with Gasteiger partial charge in [-0.2, -0.15) is 0 Å². The van der Waals surface area contributed by atoms with Crippen LogP contribution in [0.3, 0.4) is 0 Å². The van der Waals surface area contributed by atoms with Crippen LogP contribution in [0.2, 0.25) is 0 Å². The van der Waals surface area contributed by atoms with E-state index < -0.39 is 0 Å². The number of piperidine rings is 1. The largest absolute Gasteiger partial charge is 0.331 e. The topological polar surface area (TPSA) is 26.8 Å². The molecule has 0 atom stereocenters. The molecule has 2 amide bonds. The maximum absolute atomic E-state index is 12.5. The van der Waals surface area contributed by atoms with Crippen LogP contribution in [0.5, 0.6) is 0 Å². The van der Waals surface area contributed by atoms with Gasteiger partial charge in [0.2, 0.25) is 0 Å². The lowest BCUT2D eigenvalue weighted by Crippen LogP contribution is -2.49. The fraction of sp³-hybridized carbons (Fsp3) is 0.458. The van der Waals surface area contributed by atoms with Crippen molar-refractivity contribution < 1.29 is 4.79 Å². The van der Waals surface area contributed by atoms with Crippen molar-refractivity contribution in [3.63, 3.8) is 0 Å². The van der Waals surface area contributed by atoms with Crippen molar-refractivity contribution in [2.45, 2.75) is 25.8 Å². The molecule has 3 rings (SSSR count). The van der Waals surface area contributed by atoms with Gasteiger partial charge in [-0.05, 0) is 48.9 Å². The fourth-order valence-electron chi connectivity index (χ4n) is 4.36. The smallest absolute Gasteiger partial charge is 0.319 e. The highest BCUT2D eigenvalue weighted by molar-refractivity contribution is 5.73. The Kier molecular flexibility index (Phi) is 6.74. The minimum Gasteiger partial charge on any atom is -0.331 e. The van der Waals surface area contributed by atoms with Gasteiger partial charge in [0.25, 0.3) is 0 Å². The Hall–Kier alpha value is -2.33. The predicted molar refractivity (Wildman–Crippen MR) is 115 cm³/mol. The van der Waals surface area contributed by atoms with Crippen molar-refractivity contribution in [2.75, 3.05) is 40.8 Å². The molecule has 0 spiro atoms. The van der Waals surface area contributed by atoms with Crippen molar-refractivity contribution in [1.29, 1.82) is 0 Å². The summed E-state index contributed by atoms with van der Waals surface area (Å²) < 4.78 is 0. The van der Waals surface area contributed by atoms with Crippen molar-refractivity contribution in [1.82, 2.24) is 14.7 Å². The van der Waals surface area contributed by atoms with Gasteiger partial charge in [-0.15, -0.1) is 0 Å². The van der Waals surface area contributed by atoms with Crippen LogP contribution >= 0.6 is 0 Å². The van der Waals surface area contributed by atoms with Crippen LogP contribution in [0.25, 0.3) is 0 Å². The van der Waals surface area contributed by atoms with Crippen LogP contribution in [0, 0.1) is 5.41 Å². The van der Waals surface area contributed by atoms with Gasteiger partial charge < -0.3 is 9.80 Å². The molecule has 0 aliphatic carbocycles. The normalized spacial score (nSPS) is 16.5. The molecule has 150 valence electrons. The standard InChI is InChI=1S/C24H33N3O/c1-25(2)23(28)26(3)20-24(18-21-10-6-4-7-11-21)14-16-27(17-15-24)19-22-12-8-5-9-13-22/h4-13H,14-20H2,1-3H3. The monoisotopic (exact) mass is 379 g/mol. The van der Waals surface area contributed by atoms with Crippen LogP contribution in [0.15, 0.2) is 60.7 Å². The van der Waals surface area contributed by atoms with E-state index in [1.807, 2.05) is 26.0 Å². The predicted octanol–water partition coefficient (Wildman–Crippen LogP) is 4.12. The van der Waals surface area contributed by atoms with E-state index in [9.17, 15) is 4.79 Å². The molecule has 2 aromatic rings. The lowest BCUT2D eigenvalue weighted by Gasteiger charge is -2.44. The minimum absolute atomic E-state index is 0.0825. The van der Waals surface area contributed by atoms with Gasteiger partial charge in [0, 0.05) is 34.2 Å². The van der Waals surface area contributed by atoms with Gasteiger partial charge in [-0.3, -0.25) is 4.90 Å². The minimum atomic E-state index is 0.0825. The second kappa shape index (κ2) is 9.24. The molecule has 0 aromatic heterocycles. The summed E-state index contributed by atoms with van der Waals surface area (Å²) in [4.78, 5) is 18.6. The van der Waals surface area contributed by atoms with Crippen LogP contribution in [0.4, 0.5) is 4.79 Å². The molecule has 0 bridgehead atoms. The Morgan fingerprint density at radius 2 is 1.43 bits per heavy atom. The summed E-state index contributed by atoms with van der Waals surface area (Å²) in [7, 11) is 5.59. The molecule has 0 N–H and O–H groups in total. The molecule has 2 aromatic carbocycles. The van der Waals surface area contributed by atoms with Crippen molar-refractivity contribution in [3.8, 4) is 0 Å². The number of nitrogens with zero attached hydrogens (tertiary/aromatic N) is 3. The molecule has 1 aliphatic heterocycles. The highest BCUT2D eigenvalue weighted by atomic mass is 16.2. The molecular formula is C24H33N3O. The molecule has 4 nitrogen and oxygen atoms in total. The van der Waals surface area contributed by atoms with Crippen LogP contribution in [-0.2, 0) is 13.0 Å². The van der Waals surface area contributed by atoms with E-state index in [-0.39, 0.29) is 11.4 Å². The molecule has 0 radical (unpaired) electrons. The third kappa shape index (κ3) is 5.35. The fourth-order valence-corrected chi connectivity index (χ4v) is 4.36. The first-order chi connectivity index (χ1) is 13.5. The number of carbonyl (C=O) groups is 1. The van der Waals surface area contributed by atoms with Crippen LogP contribution < -0.4 is 0 Å². The first-order valence-electron chi connectivity index (χ1n) is 10.2. The summed E-state index contributed by atoms with van der Waals surface area (Å²) in [5.41, 5.74) is 2.87. The number of urea groups is 1. The zero-order valence-corrected chi connectivity index (χ0v) is 17.5. The lowest BCUT2D eigenvalue weighted by molar-refractivity contribution is 0.0693. The molecule has 0 saturated carbocycles. The number of carbonyl (C=O) groups excluding carboxylic acids is 1. The highest BCUT2D eigenvalue weighted by Crippen LogP contribution is 2.36. The molecule has 1 heterocycles. The third-order valence-electron chi connectivity index (χ3n) is 5.87. The second-order valence-electron chi connectivity index (χ2n) is 8.46. The number of hydrogen-bond donors (Lipinski definition) is 0. The molecule has 0 unspecified atom stereocenters. The van der Waals surface area contributed by atoms with E-state index in [4.69, 9.17) is 0 Å². The molecule has 1 saturated heterocycles. The Balaban J connectivity index is 1.70. The van der Waals surface area contributed by atoms with Crippen LogP contribution in [0.1, 0.15) is 24.0 Å². The Labute approximate surface area is 169 Å². The Bertz CT molecular complexity index is 737. The summed E-state index contributed by atoms with van der Waals surface area (Å²) in [6.45, 7) is 3.96. The maximum Gasteiger partial charge on any atom is 0.319 e. The number of benzene rings is 2. The molecule has 1 fully saturated rings. The Morgan fingerprint density at radius 3 is 1.96 bits per heavy atom. The second-order valence-corrected chi connectivity index (χ2v) is 8.46. The average molecular weight is 380 g/mol. The summed E-state index contributed by atoms with van der Waals surface area (Å²) in [6.07, 6.45) is 3.25. The van der Waals surface area contributed by atoms with Gasteiger partial charge in [-0.1, -0.05) is 60.7 Å². The zero-order valence-electron chi connectivity index (χ0n) is 17.5. The quantitative estimate of drug-likeness (QED) is 0.755. The van der Waals surface area contributed by atoms with E-state index >= 15 is 0 Å². The summed E-state index contributed by atoms with van der Waals surface area (Å²) in [6, 6.07) is 21.5. The third-order valence-corrected chi connectivity index (χ3v) is 5.87. The van der Waals surface area contributed by atoms with Crippen molar-refractivity contribution in [3.05, 3.63) is 71.8 Å². The first-order valence-corrected chi connectivity index (χ1v) is 10.2. The summed E-state index contributed by atoms with van der Waals surface area (Å²) >= 11 is 0. The first kappa shape index (κ1) is 20.4. The van der Waals surface area contributed by atoms with E-state index in [1.165, 1.54) is 11.1 Å². The summed E-state index contributed by atoms with van der Waals surface area (Å²) in [5.74, 6) is 0.